The third-order valence-electron chi connectivity index (χ3n) is 4.42. The Bertz CT molecular complexity index is 978. The Kier molecular flexibility index (Phi) is 8.02. The van der Waals surface area contributed by atoms with Gasteiger partial charge in [-0.05, 0) is 36.8 Å². The highest BCUT2D eigenvalue weighted by molar-refractivity contribution is 6.35. The summed E-state index contributed by atoms with van der Waals surface area (Å²) in [4.78, 5) is 12.0. The zero-order chi connectivity index (χ0) is 22.4. The van der Waals surface area contributed by atoms with Crippen molar-refractivity contribution in [2.45, 2.75) is 25.7 Å². The van der Waals surface area contributed by atoms with E-state index >= 15 is 0 Å². The zero-order valence-electron chi connectivity index (χ0n) is 16.9. The quantitative estimate of drug-likeness (QED) is 0.426. The number of hydrazone groups is 1. The van der Waals surface area contributed by atoms with E-state index < -0.39 is 5.79 Å². The van der Waals surface area contributed by atoms with Crippen LogP contribution in [0.15, 0.2) is 35.4 Å². The summed E-state index contributed by atoms with van der Waals surface area (Å²) in [6.45, 7) is 2.82. The second-order valence-electron chi connectivity index (χ2n) is 6.86. The van der Waals surface area contributed by atoms with Crippen LogP contribution in [0.4, 0.5) is 0 Å². The SMILES string of the molecule is COc1cc(/C=N\NC(=O)CC2(C)OCCO2)cc(Cl)c1OCc1ccc(Cl)cc1Cl. The Labute approximate surface area is 195 Å². The molecule has 1 saturated heterocycles. The highest BCUT2D eigenvalue weighted by Gasteiger charge is 2.33. The number of methoxy groups -OCH3 is 1. The first-order valence-corrected chi connectivity index (χ1v) is 10.5. The minimum atomic E-state index is -0.919. The van der Waals surface area contributed by atoms with Gasteiger partial charge in [0.2, 0.25) is 5.91 Å². The Morgan fingerprint density at radius 1 is 1.19 bits per heavy atom. The fraction of sp³-hybridized carbons (Fsp3) is 0.333. The monoisotopic (exact) mass is 486 g/mol. The fourth-order valence-corrected chi connectivity index (χ4v) is 3.65. The van der Waals surface area contributed by atoms with Crippen LogP contribution in [0.2, 0.25) is 15.1 Å². The van der Waals surface area contributed by atoms with Crippen LogP contribution in [0.25, 0.3) is 0 Å². The number of carbonyl (C=O) groups is 1. The first kappa shape index (κ1) is 23.6. The van der Waals surface area contributed by atoms with Crippen molar-refractivity contribution in [1.29, 1.82) is 0 Å². The van der Waals surface area contributed by atoms with Crippen LogP contribution >= 0.6 is 34.8 Å². The summed E-state index contributed by atoms with van der Waals surface area (Å²) < 4.78 is 22.0. The van der Waals surface area contributed by atoms with Gasteiger partial charge in [-0.25, -0.2) is 5.43 Å². The van der Waals surface area contributed by atoms with Gasteiger partial charge < -0.3 is 18.9 Å². The highest BCUT2D eigenvalue weighted by atomic mass is 35.5. The van der Waals surface area contributed by atoms with Crippen LogP contribution in [0.5, 0.6) is 11.5 Å². The maximum absolute atomic E-state index is 12.0. The lowest BCUT2D eigenvalue weighted by atomic mass is 10.2. The molecule has 0 aliphatic carbocycles. The lowest BCUT2D eigenvalue weighted by Crippen LogP contribution is -2.33. The normalized spacial score (nSPS) is 15.3. The summed E-state index contributed by atoms with van der Waals surface area (Å²) in [6, 6.07) is 8.47. The largest absolute Gasteiger partial charge is 0.493 e. The molecule has 0 aromatic heterocycles. The van der Waals surface area contributed by atoms with E-state index in [1.165, 1.54) is 13.3 Å². The van der Waals surface area contributed by atoms with Crippen molar-refractivity contribution in [3.8, 4) is 11.5 Å². The Morgan fingerprint density at radius 2 is 1.94 bits per heavy atom. The van der Waals surface area contributed by atoms with Gasteiger partial charge in [0.25, 0.3) is 0 Å². The molecule has 166 valence electrons. The summed E-state index contributed by atoms with van der Waals surface area (Å²) in [5.41, 5.74) is 3.80. The lowest BCUT2D eigenvalue weighted by Gasteiger charge is -2.20. The van der Waals surface area contributed by atoms with E-state index in [-0.39, 0.29) is 18.9 Å². The number of rotatable bonds is 8. The van der Waals surface area contributed by atoms with E-state index in [4.69, 9.17) is 53.8 Å². The smallest absolute Gasteiger partial charge is 0.245 e. The lowest BCUT2D eigenvalue weighted by molar-refractivity contribution is -0.159. The summed E-state index contributed by atoms with van der Waals surface area (Å²) in [5, 5.41) is 5.30. The van der Waals surface area contributed by atoms with Gasteiger partial charge in [0.15, 0.2) is 17.3 Å². The van der Waals surface area contributed by atoms with Crippen LogP contribution < -0.4 is 14.9 Å². The molecular weight excluding hydrogens is 467 g/mol. The van der Waals surface area contributed by atoms with E-state index in [1.54, 1.807) is 37.3 Å². The Morgan fingerprint density at radius 3 is 2.61 bits per heavy atom. The Balaban J connectivity index is 1.64. The first-order valence-electron chi connectivity index (χ1n) is 9.34. The van der Waals surface area contributed by atoms with Gasteiger partial charge in [-0.15, -0.1) is 0 Å². The number of nitrogens with zero attached hydrogens (tertiary/aromatic N) is 1. The van der Waals surface area contributed by atoms with Gasteiger partial charge in [0.05, 0.1) is 38.0 Å². The molecule has 1 aliphatic heterocycles. The second kappa shape index (κ2) is 10.5. The number of halogens is 3. The van der Waals surface area contributed by atoms with Crippen LogP contribution in [0.3, 0.4) is 0 Å². The van der Waals surface area contributed by atoms with Crippen molar-refractivity contribution < 1.29 is 23.7 Å². The van der Waals surface area contributed by atoms with Crippen molar-refractivity contribution in [2.24, 2.45) is 5.10 Å². The van der Waals surface area contributed by atoms with Crippen LogP contribution in [0, 0.1) is 0 Å². The number of nitrogens with one attached hydrogen (secondary N) is 1. The highest BCUT2D eigenvalue weighted by Crippen LogP contribution is 2.37. The van der Waals surface area contributed by atoms with E-state index in [0.717, 1.165) is 5.56 Å². The van der Waals surface area contributed by atoms with Gasteiger partial charge in [-0.1, -0.05) is 40.9 Å². The van der Waals surface area contributed by atoms with Gasteiger partial charge >= 0.3 is 0 Å². The first-order chi connectivity index (χ1) is 14.8. The predicted octanol–water partition coefficient (Wildman–Crippen LogP) is 4.84. The number of hydrogen-bond donors (Lipinski definition) is 1. The minimum Gasteiger partial charge on any atom is -0.493 e. The summed E-state index contributed by atoms with van der Waals surface area (Å²) in [6.07, 6.45) is 1.49. The molecule has 31 heavy (non-hydrogen) atoms. The predicted molar refractivity (Wildman–Crippen MR) is 119 cm³/mol. The van der Waals surface area contributed by atoms with E-state index in [1.807, 2.05) is 0 Å². The average Bonchev–Trinajstić information content (AvgIpc) is 3.13. The molecular formula is C21H21Cl3N2O5. The van der Waals surface area contributed by atoms with Crippen molar-refractivity contribution in [3.05, 3.63) is 56.5 Å². The molecule has 2 aromatic rings. The van der Waals surface area contributed by atoms with Crippen molar-refractivity contribution in [2.75, 3.05) is 20.3 Å². The summed E-state index contributed by atoms with van der Waals surface area (Å²) >= 11 is 18.5. The number of carbonyl (C=O) groups excluding carboxylic acids is 1. The van der Waals surface area contributed by atoms with E-state index in [0.29, 0.717) is 45.3 Å². The summed E-state index contributed by atoms with van der Waals surface area (Å²) in [5.74, 6) is -0.484. The molecule has 7 nitrogen and oxygen atoms in total. The molecule has 0 saturated carbocycles. The van der Waals surface area contributed by atoms with Crippen molar-refractivity contribution in [3.63, 3.8) is 0 Å². The number of amides is 1. The van der Waals surface area contributed by atoms with Gasteiger partial charge in [-0.3, -0.25) is 4.79 Å². The summed E-state index contributed by atoms with van der Waals surface area (Å²) in [7, 11) is 1.50. The molecule has 0 unspecified atom stereocenters. The second-order valence-corrected chi connectivity index (χ2v) is 8.11. The molecule has 10 heteroatoms. The molecule has 0 radical (unpaired) electrons. The van der Waals surface area contributed by atoms with E-state index in [9.17, 15) is 4.79 Å². The van der Waals surface area contributed by atoms with Crippen LogP contribution in [0.1, 0.15) is 24.5 Å². The van der Waals surface area contributed by atoms with E-state index in [2.05, 4.69) is 10.5 Å². The minimum absolute atomic E-state index is 0.0362. The van der Waals surface area contributed by atoms with Crippen LogP contribution in [-0.2, 0) is 20.9 Å². The zero-order valence-corrected chi connectivity index (χ0v) is 19.2. The molecule has 0 atom stereocenters. The standard InChI is InChI=1S/C21H21Cl3N2O5/c1-21(30-5-6-31-21)10-19(27)26-25-11-13-7-17(24)20(18(8-13)28-2)29-12-14-3-4-15(22)9-16(14)23/h3-4,7-9,11H,5-6,10,12H2,1-2H3,(H,26,27)/b25-11-. The number of ether oxygens (including phenoxy) is 4. The maximum atomic E-state index is 12.0. The van der Waals surface area contributed by atoms with Gasteiger partial charge in [-0.2, -0.15) is 5.10 Å². The maximum Gasteiger partial charge on any atom is 0.245 e. The van der Waals surface area contributed by atoms with Crippen molar-refractivity contribution in [1.82, 2.24) is 5.43 Å². The molecule has 0 bridgehead atoms. The van der Waals surface area contributed by atoms with Gasteiger partial charge in [0.1, 0.15) is 6.61 Å². The molecule has 1 N–H and O–H groups in total. The average molecular weight is 488 g/mol. The molecule has 2 aromatic carbocycles. The molecule has 1 heterocycles. The van der Waals surface area contributed by atoms with Crippen LogP contribution in [-0.4, -0.2) is 38.2 Å². The molecule has 1 fully saturated rings. The van der Waals surface area contributed by atoms with Crippen molar-refractivity contribution >= 4 is 46.9 Å². The molecule has 0 spiro atoms. The molecule has 1 aliphatic rings. The fourth-order valence-electron chi connectivity index (χ4n) is 2.91. The molecule has 3 rings (SSSR count). The number of benzene rings is 2. The third kappa shape index (κ3) is 6.48. The van der Waals surface area contributed by atoms with Gasteiger partial charge in [0, 0.05) is 15.6 Å². The molecule has 1 amide bonds. The topological polar surface area (TPSA) is 78.4 Å². The Hall–Kier alpha value is -2.03. The third-order valence-corrected chi connectivity index (χ3v) is 5.29. The number of hydrogen-bond acceptors (Lipinski definition) is 6.